The van der Waals surface area contributed by atoms with Crippen LogP contribution in [0.1, 0.15) is 5.56 Å². The van der Waals surface area contributed by atoms with Crippen LogP contribution in [-0.2, 0) is 5.33 Å². The Morgan fingerprint density at radius 3 is 2.64 bits per heavy atom. The van der Waals surface area contributed by atoms with Gasteiger partial charge in [-0.3, -0.25) is 0 Å². The molecule has 0 heterocycles. The van der Waals surface area contributed by atoms with Gasteiger partial charge in [0, 0.05) is 10.9 Å². The molecule has 0 atom stereocenters. The fraction of sp³-hybridized carbons (Fsp3) is 0.333. The van der Waals surface area contributed by atoms with E-state index in [0.29, 0.717) is 10.9 Å². The van der Waals surface area contributed by atoms with E-state index in [2.05, 4.69) is 20.7 Å². The molecule has 0 fully saturated rings. The zero-order valence-corrected chi connectivity index (χ0v) is 8.73. The maximum atomic E-state index is 13.1. The average molecular weight is 269 g/mol. The van der Waals surface area contributed by atoms with Gasteiger partial charge in [0.05, 0.1) is 0 Å². The van der Waals surface area contributed by atoms with E-state index in [-0.39, 0.29) is 5.75 Å². The van der Waals surface area contributed by atoms with Crippen molar-refractivity contribution < 1.29 is 17.9 Å². The summed E-state index contributed by atoms with van der Waals surface area (Å²) in [5, 5.41) is 0.364. The molecule has 1 rings (SSSR count). The molecule has 0 aliphatic heterocycles. The molecule has 78 valence electrons. The van der Waals surface area contributed by atoms with E-state index in [9.17, 15) is 13.2 Å². The molecule has 5 heteroatoms. The van der Waals surface area contributed by atoms with Crippen molar-refractivity contribution >= 4 is 15.9 Å². The lowest BCUT2D eigenvalue weighted by Gasteiger charge is -2.09. The molecule has 0 aromatic heterocycles. The molecule has 0 bridgehead atoms. The van der Waals surface area contributed by atoms with E-state index in [1.807, 2.05) is 0 Å². The second-order valence-electron chi connectivity index (χ2n) is 2.56. The molecule has 14 heavy (non-hydrogen) atoms. The van der Waals surface area contributed by atoms with Gasteiger partial charge in [-0.2, -0.15) is 0 Å². The number of alkyl halides is 3. The van der Waals surface area contributed by atoms with Crippen LogP contribution in [0.2, 0.25) is 0 Å². The van der Waals surface area contributed by atoms with E-state index in [0.717, 1.165) is 0 Å². The standard InChI is InChI=1S/C9H8BrF3O/c10-4-6-2-1-3-7(11)9(6)14-5-8(12)13/h1-3,8H,4-5H2. The highest BCUT2D eigenvalue weighted by molar-refractivity contribution is 9.08. The molecule has 0 saturated heterocycles. The molecular formula is C9H8BrF3O. The number of benzene rings is 1. The SMILES string of the molecule is Fc1cccc(CBr)c1OCC(F)F. The Morgan fingerprint density at radius 2 is 2.07 bits per heavy atom. The molecule has 0 amide bonds. The largest absolute Gasteiger partial charge is 0.484 e. The number of ether oxygens (including phenoxy) is 1. The molecule has 0 aliphatic carbocycles. The summed E-state index contributed by atoms with van der Waals surface area (Å²) in [6, 6.07) is 4.28. The Bertz CT molecular complexity index is 304. The van der Waals surface area contributed by atoms with Gasteiger partial charge in [0.25, 0.3) is 6.43 Å². The number of hydrogen-bond acceptors (Lipinski definition) is 1. The summed E-state index contributed by atoms with van der Waals surface area (Å²) in [5.74, 6) is -0.729. The topological polar surface area (TPSA) is 9.23 Å². The average Bonchev–Trinajstić information content (AvgIpc) is 2.15. The lowest BCUT2D eigenvalue weighted by atomic mass is 10.2. The van der Waals surface area contributed by atoms with Gasteiger partial charge in [-0.15, -0.1) is 0 Å². The summed E-state index contributed by atoms with van der Waals surface area (Å²) in [7, 11) is 0. The van der Waals surface area contributed by atoms with Gasteiger partial charge in [-0.05, 0) is 6.07 Å². The first-order chi connectivity index (χ1) is 6.65. The van der Waals surface area contributed by atoms with Crippen molar-refractivity contribution in [3.63, 3.8) is 0 Å². The molecule has 0 radical (unpaired) electrons. The van der Waals surface area contributed by atoms with Crippen LogP contribution >= 0.6 is 15.9 Å². The van der Waals surface area contributed by atoms with Crippen molar-refractivity contribution in [2.75, 3.05) is 6.61 Å². The monoisotopic (exact) mass is 268 g/mol. The summed E-state index contributed by atoms with van der Waals surface area (Å²) < 4.78 is 41.4. The Labute approximate surface area is 88.0 Å². The number of para-hydroxylation sites is 1. The quantitative estimate of drug-likeness (QED) is 0.761. The van der Waals surface area contributed by atoms with E-state index >= 15 is 0 Å². The van der Waals surface area contributed by atoms with Crippen LogP contribution in [0.4, 0.5) is 13.2 Å². The van der Waals surface area contributed by atoms with Gasteiger partial charge in [-0.1, -0.05) is 28.1 Å². The van der Waals surface area contributed by atoms with Crippen LogP contribution in [0.15, 0.2) is 18.2 Å². The first-order valence-electron chi connectivity index (χ1n) is 3.89. The molecule has 0 N–H and O–H groups in total. The highest BCUT2D eigenvalue weighted by Crippen LogP contribution is 2.24. The van der Waals surface area contributed by atoms with Crippen LogP contribution in [0.25, 0.3) is 0 Å². The molecular weight excluding hydrogens is 261 g/mol. The van der Waals surface area contributed by atoms with Crippen molar-refractivity contribution in [3.8, 4) is 5.75 Å². The molecule has 1 aromatic rings. The second-order valence-corrected chi connectivity index (χ2v) is 3.12. The Morgan fingerprint density at radius 1 is 1.36 bits per heavy atom. The zero-order valence-electron chi connectivity index (χ0n) is 7.14. The number of rotatable bonds is 4. The van der Waals surface area contributed by atoms with Crippen LogP contribution < -0.4 is 4.74 Å². The number of halogens is 4. The van der Waals surface area contributed by atoms with E-state index in [4.69, 9.17) is 0 Å². The molecule has 0 saturated carbocycles. The number of hydrogen-bond donors (Lipinski definition) is 0. The van der Waals surface area contributed by atoms with E-state index < -0.39 is 18.8 Å². The first-order valence-corrected chi connectivity index (χ1v) is 5.01. The molecule has 0 aliphatic rings. The van der Waals surface area contributed by atoms with Gasteiger partial charge < -0.3 is 4.74 Å². The van der Waals surface area contributed by atoms with Crippen LogP contribution in [0, 0.1) is 5.82 Å². The highest BCUT2D eigenvalue weighted by atomic mass is 79.9. The van der Waals surface area contributed by atoms with Crippen molar-refractivity contribution in [1.29, 1.82) is 0 Å². The van der Waals surface area contributed by atoms with E-state index in [1.54, 1.807) is 6.07 Å². The maximum Gasteiger partial charge on any atom is 0.272 e. The molecule has 1 nitrogen and oxygen atoms in total. The first kappa shape index (κ1) is 11.4. The van der Waals surface area contributed by atoms with Gasteiger partial charge >= 0.3 is 0 Å². The minimum Gasteiger partial charge on any atom is -0.484 e. The summed E-state index contributed by atoms with van der Waals surface area (Å²) in [4.78, 5) is 0. The fourth-order valence-corrected chi connectivity index (χ4v) is 1.41. The van der Waals surface area contributed by atoms with Crippen LogP contribution in [-0.4, -0.2) is 13.0 Å². The van der Waals surface area contributed by atoms with Crippen molar-refractivity contribution in [3.05, 3.63) is 29.6 Å². The van der Waals surface area contributed by atoms with Crippen LogP contribution in [0.3, 0.4) is 0 Å². The van der Waals surface area contributed by atoms with Gasteiger partial charge in [-0.25, -0.2) is 13.2 Å². The Kier molecular flexibility index (Phi) is 4.25. The van der Waals surface area contributed by atoms with Crippen molar-refractivity contribution in [2.45, 2.75) is 11.8 Å². The molecule has 0 unspecified atom stereocenters. The summed E-state index contributed by atoms with van der Waals surface area (Å²) in [6.45, 7) is -0.791. The summed E-state index contributed by atoms with van der Waals surface area (Å²) in [5.41, 5.74) is 0.519. The second kappa shape index (κ2) is 5.24. The minimum atomic E-state index is -2.60. The molecule has 1 aromatic carbocycles. The van der Waals surface area contributed by atoms with Crippen molar-refractivity contribution in [2.24, 2.45) is 0 Å². The lowest BCUT2D eigenvalue weighted by molar-refractivity contribution is 0.0795. The molecule has 0 spiro atoms. The highest BCUT2D eigenvalue weighted by Gasteiger charge is 2.11. The maximum absolute atomic E-state index is 13.1. The minimum absolute atomic E-state index is 0.107. The van der Waals surface area contributed by atoms with Crippen LogP contribution in [0.5, 0.6) is 5.75 Å². The predicted octanol–water partition coefficient (Wildman–Crippen LogP) is 3.36. The van der Waals surface area contributed by atoms with Gasteiger partial charge in [0.1, 0.15) is 6.61 Å². The smallest absolute Gasteiger partial charge is 0.272 e. The fourth-order valence-electron chi connectivity index (χ4n) is 0.967. The normalized spacial score (nSPS) is 10.6. The zero-order chi connectivity index (χ0) is 10.6. The third kappa shape index (κ3) is 2.90. The van der Waals surface area contributed by atoms with Gasteiger partial charge in [0.15, 0.2) is 11.6 Å². The predicted molar refractivity (Wildman–Crippen MR) is 50.5 cm³/mol. The van der Waals surface area contributed by atoms with Crippen molar-refractivity contribution in [1.82, 2.24) is 0 Å². The summed E-state index contributed by atoms with van der Waals surface area (Å²) >= 11 is 3.12. The van der Waals surface area contributed by atoms with E-state index in [1.165, 1.54) is 12.1 Å². The third-order valence-corrected chi connectivity index (χ3v) is 2.15. The Hall–Kier alpha value is -0.710. The lowest BCUT2D eigenvalue weighted by Crippen LogP contribution is -2.09. The summed E-state index contributed by atoms with van der Waals surface area (Å²) in [6.07, 6.45) is -2.60. The third-order valence-electron chi connectivity index (χ3n) is 1.55. The Balaban J connectivity index is 2.82. The van der Waals surface area contributed by atoms with Gasteiger partial charge in [0.2, 0.25) is 0 Å².